The number of benzene rings is 2. The van der Waals surface area contributed by atoms with E-state index in [-0.39, 0.29) is 29.9 Å². The number of carbonyl (C=O) groups is 1. The van der Waals surface area contributed by atoms with Crippen molar-refractivity contribution in [1.29, 1.82) is 0 Å². The highest BCUT2D eigenvalue weighted by molar-refractivity contribution is 14.0. The van der Waals surface area contributed by atoms with Crippen LogP contribution in [0.3, 0.4) is 0 Å². The van der Waals surface area contributed by atoms with Gasteiger partial charge in [0.15, 0.2) is 5.96 Å². The van der Waals surface area contributed by atoms with Crippen LogP contribution in [0, 0.1) is 11.6 Å². The molecule has 0 saturated carbocycles. The molecule has 0 aromatic heterocycles. The molecule has 2 aromatic carbocycles. The molecular weight excluding hydrogens is 527 g/mol. The van der Waals surface area contributed by atoms with E-state index < -0.39 is 11.6 Å². The van der Waals surface area contributed by atoms with Crippen LogP contribution >= 0.6 is 24.0 Å². The molecule has 9 heteroatoms. The van der Waals surface area contributed by atoms with Gasteiger partial charge in [-0.25, -0.2) is 13.8 Å². The average molecular weight is 557 g/mol. The lowest BCUT2D eigenvalue weighted by atomic mass is 10.1. The second kappa shape index (κ2) is 12.6. The number of piperazine rings is 1. The van der Waals surface area contributed by atoms with E-state index in [9.17, 15) is 13.6 Å². The number of nitrogens with zero attached hydrogens (tertiary/aromatic N) is 3. The van der Waals surface area contributed by atoms with Crippen LogP contribution in [-0.2, 0) is 6.54 Å². The summed E-state index contributed by atoms with van der Waals surface area (Å²) in [6, 6.07) is 11.0. The van der Waals surface area contributed by atoms with Crippen molar-refractivity contribution < 1.29 is 13.6 Å². The minimum absolute atomic E-state index is 0. The standard InChI is InChI=1S/C23H29F2N5O.HI/c1-3-26-22(31)18-7-5-6-17(14-18)16-28-23(27-4-2)30-12-10-29(11-13-30)21-15-19(24)8-9-20(21)25;/h5-9,14-15H,3-4,10-13,16H2,1-2H3,(H,26,31)(H,27,28);1H. The zero-order chi connectivity index (χ0) is 22.2. The van der Waals surface area contributed by atoms with Gasteiger partial charge in [0.2, 0.25) is 0 Å². The molecule has 1 amide bonds. The molecule has 0 aliphatic carbocycles. The normalized spacial score (nSPS) is 14.1. The van der Waals surface area contributed by atoms with Crippen molar-refractivity contribution in [2.45, 2.75) is 20.4 Å². The molecular formula is C23H30F2IN5O. The Bertz CT molecular complexity index is 932. The van der Waals surface area contributed by atoms with Gasteiger partial charge in [0.25, 0.3) is 5.91 Å². The fraction of sp³-hybridized carbons (Fsp3) is 0.391. The molecule has 0 spiro atoms. The van der Waals surface area contributed by atoms with E-state index >= 15 is 0 Å². The Morgan fingerprint density at radius 2 is 1.72 bits per heavy atom. The van der Waals surface area contributed by atoms with Gasteiger partial charge >= 0.3 is 0 Å². The summed E-state index contributed by atoms with van der Waals surface area (Å²) >= 11 is 0. The molecule has 1 aliphatic rings. The third-order valence-corrected chi connectivity index (χ3v) is 5.10. The van der Waals surface area contributed by atoms with Crippen molar-refractivity contribution in [2.24, 2.45) is 4.99 Å². The maximum absolute atomic E-state index is 14.1. The molecule has 2 N–H and O–H groups in total. The summed E-state index contributed by atoms with van der Waals surface area (Å²) in [4.78, 5) is 20.8. The minimum atomic E-state index is -0.441. The number of nitrogens with one attached hydrogen (secondary N) is 2. The van der Waals surface area contributed by atoms with E-state index in [2.05, 4.69) is 15.5 Å². The highest BCUT2D eigenvalue weighted by Crippen LogP contribution is 2.22. The number of anilines is 1. The maximum Gasteiger partial charge on any atom is 0.251 e. The molecule has 32 heavy (non-hydrogen) atoms. The number of hydrogen-bond acceptors (Lipinski definition) is 3. The van der Waals surface area contributed by atoms with E-state index in [0.717, 1.165) is 30.2 Å². The van der Waals surface area contributed by atoms with Crippen LogP contribution in [0.5, 0.6) is 0 Å². The van der Waals surface area contributed by atoms with Gasteiger partial charge in [0.1, 0.15) is 11.6 Å². The summed E-state index contributed by atoms with van der Waals surface area (Å²) in [5.41, 5.74) is 1.86. The van der Waals surface area contributed by atoms with Gasteiger partial charge < -0.3 is 20.4 Å². The van der Waals surface area contributed by atoms with Crippen molar-refractivity contribution in [3.63, 3.8) is 0 Å². The van der Waals surface area contributed by atoms with Crippen molar-refractivity contribution in [2.75, 3.05) is 44.2 Å². The molecule has 1 heterocycles. The second-order valence-corrected chi connectivity index (χ2v) is 7.30. The lowest BCUT2D eigenvalue weighted by Crippen LogP contribution is -2.52. The van der Waals surface area contributed by atoms with E-state index in [1.807, 2.05) is 36.9 Å². The van der Waals surface area contributed by atoms with Gasteiger partial charge in [-0.15, -0.1) is 24.0 Å². The highest BCUT2D eigenvalue weighted by Gasteiger charge is 2.22. The van der Waals surface area contributed by atoms with Crippen LogP contribution < -0.4 is 15.5 Å². The van der Waals surface area contributed by atoms with Crippen LogP contribution in [0.4, 0.5) is 14.5 Å². The second-order valence-electron chi connectivity index (χ2n) is 7.30. The maximum atomic E-state index is 14.1. The number of amides is 1. The molecule has 1 aliphatic heterocycles. The van der Waals surface area contributed by atoms with E-state index in [1.165, 1.54) is 6.07 Å². The van der Waals surface area contributed by atoms with Crippen molar-refractivity contribution in [3.05, 3.63) is 65.2 Å². The first-order valence-corrected chi connectivity index (χ1v) is 10.6. The van der Waals surface area contributed by atoms with Crippen molar-refractivity contribution in [3.8, 4) is 0 Å². The number of guanidine groups is 1. The van der Waals surface area contributed by atoms with Crippen molar-refractivity contribution in [1.82, 2.24) is 15.5 Å². The van der Waals surface area contributed by atoms with E-state index in [0.29, 0.717) is 50.5 Å². The Hall–Kier alpha value is -2.43. The predicted molar refractivity (Wildman–Crippen MR) is 135 cm³/mol. The van der Waals surface area contributed by atoms with Crippen LogP contribution in [0.1, 0.15) is 29.8 Å². The van der Waals surface area contributed by atoms with E-state index in [1.54, 1.807) is 6.07 Å². The van der Waals surface area contributed by atoms with Crippen LogP contribution in [0.15, 0.2) is 47.5 Å². The fourth-order valence-corrected chi connectivity index (χ4v) is 3.55. The first-order chi connectivity index (χ1) is 15.0. The van der Waals surface area contributed by atoms with Crippen LogP contribution in [0.25, 0.3) is 0 Å². The first-order valence-electron chi connectivity index (χ1n) is 10.6. The molecule has 2 aromatic rings. The molecule has 6 nitrogen and oxygen atoms in total. The summed E-state index contributed by atoms with van der Waals surface area (Å²) in [5.74, 6) is -0.183. The number of hydrogen-bond donors (Lipinski definition) is 2. The van der Waals surface area contributed by atoms with Gasteiger partial charge in [0.05, 0.1) is 12.2 Å². The Kier molecular flexibility index (Phi) is 10.1. The molecule has 3 rings (SSSR count). The number of aliphatic imine (C=N–C) groups is 1. The Morgan fingerprint density at radius 3 is 2.41 bits per heavy atom. The highest BCUT2D eigenvalue weighted by atomic mass is 127. The summed E-state index contributed by atoms with van der Waals surface area (Å²) in [6.45, 7) is 8.04. The Labute approximate surface area is 205 Å². The van der Waals surface area contributed by atoms with Gasteiger partial charge in [0, 0.05) is 50.9 Å². The quantitative estimate of drug-likeness (QED) is 0.324. The summed E-state index contributed by atoms with van der Waals surface area (Å²) in [5, 5.41) is 6.10. The summed E-state index contributed by atoms with van der Waals surface area (Å²) in [6.07, 6.45) is 0. The zero-order valence-electron chi connectivity index (χ0n) is 18.4. The minimum Gasteiger partial charge on any atom is -0.366 e. The molecule has 1 fully saturated rings. The number of carbonyl (C=O) groups excluding carboxylic acids is 1. The molecule has 174 valence electrons. The van der Waals surface area contributed by atoms with Gasteiger partial charge in [-0.05, 0) is 43.7 Å². The third-order valence-electron chi connectivity index (χ3n) is 5.10. The molecule has 0 unspecified atom stereocenters. The number of halogens is 3. The monoisotopic (exact) mass is 557 g/mol. The molecule has 1 saturated heterocycles. The number of rotatable bonds is 6. The summed E-state index contributed by atoms with van der Waals surface area (Å²) < 4.78 is 27.6. The lowest BCUT2D eigenvalue weighted by molar-refractivity contribution is 0.0955. The zero-order valence-corrected chi connectivity index (χ0v) is 20.7. The van der Waals surface area contributed by atoms with Crippen molar-refractivity contribution >= 4 is 41.5 Å². The molecule has 0 atom stereocenters. The largest absolute Gasteiger partial charge is 0.366 e. The fourth-order valence-electron chi connectivity index (χ4n) is 3.55. The third kappa shape index (κ3) is 6.78. The Morgan fingerprint density at radius 1 is 1.00 bits per heavy atom. The van der Waals surface area contributed by atoms with Crippen LogP contribution in [-0.4, -0.2) is 56.0 Å². The first kappa shape index (κ1) is 25.8. The molecule has 0 bridgehead atoms. The SMILES string of the molecule is CCNC(=O)c1cccc(CN=C(NCC)N2CCN(c3cc(F)ccc3F)CC2)c1.I. The predicted octanol–water partition coefficient (Wildman–Crippen LogP) is 3.62. The smallest absolute Gasteiger partial charge is 0.251 e. The van der Waals surface area contributed by atoms with E-state index in [4.69, 9.17) is 4.99 Å². The average Bonchev–Trinajstić information content (AvgIpc) is 2.79. The lowest BCUT2D eigenvalue weighted by Gasteiger charge is -2.37. The molecule has 0 radical (unpaired) electrons. The topological polar surface area (TPSA) is 60.0 Å². The summed E-state index contributed by atoms with van der Waals surface area (Å²) in [7, 11) is 0. The van der Waals surface area contributed by atoms with Crippen LogP contribution in [0.2, 0.25) is 0 Å². The van der Waals surface area contributed by atoms with Gasteiger partial charge in [-0.3, -0.25) is 4.79 Å². The van der Waals surface area contributed by atoms with Gasteiger partial charge in [-0.1, -0.05) is 12.1 Å². The van der Waals surface area contributed by atoms with Gasteiger partial charge in [-0.2, -0.15) is 0 Å². The Balaban J connectivity index is 0.00000363.